The van der Waals surface area contributed by atoms with Gasteiger partial charge in [0.2, 0.25) is 0 Å². The maximum absolute atomic E-state index is 12.8. The second-order valence-corrected chi connectivity index (χ2v) is 10.1. The minimum atomic E-state index is -0.136. The fourth-order valence-electron chi connectivity index (χ4n) is 6.15. The summed E-state index contributed by atoms with van der Waals surface area (Å²) in [4.78, 5) is 26.6. The van der Waals surface area contributed by atoms with Crippen LogP contribution >= 0.6 is 11.6 Å². The van der Waals surface area contributed by atoms with Gasteiger partial charge in [0.05, 0.1) is 5.69 Å². The summed E-state index contributed by atoms with van der Waals surface area (Å²) in [5.41, 5.74) is 2.98. The molecule has 0 radical (unpaired) electrons. The Morgan fingerprint density at radius 2 is 1.87 bits per heavy atom. The van der Waals surface area contributed by atoms with Gasteiger partial charge < -0.3 is 0 Å². The zero-order chi connectivity index (χ0) is 22.0. The van der Waals surface area contributed by atoms with Gasteiger partial charge in [0.15, 0.2) is 5.82 Å². The van der Waals surface area contributed by atoms with Crippen LogP contribution in [0, 0.1) is 17.8 Å². The van der Waals surface area contributed by atoms with Crippen LogP contribution in [0.5, 0.6) is 0 Å². The van der Waals surface area contributed by atoms with Crippen molar-refractivity contribution < 1.29 is 4.79 Å². The van der Waals surface area contributed by atoms with E-state index in [2.05, 4.69) is 30.7 Å². The molecule has 4 rings (SSSR count). The van der Waals surface area contributed by atoms with Gasteiger partial charge in [-0.25, -0.2) is 9.97 Å². The second-order valence-electron chi connectivity index (χ2n) is 9.77. The predicted molar refractivity (Wildman–Crippen MR) is 125 cm³/mol. The Morgan fingerprint density at radius 3 is 2.61 bits per heavy atom. The van der Waals surface area contributed by atoms with Gasteiger partial charge in [-0.05, 0) is 43.2 Å². The van der Waals surface area contributed by atoms with Gasteiger partial charge in [0.25, 0.3) is 0 Å². The van der Waals surface area contributed by atoms with Crippen molar-refractivity contribution in [2.24, 2.45) is 17.8 Å². The van der Waals surface area contributed by atoms with Gasteiger partial charge in [0, 0.05) is 41.3 Å². The normalized spacial score (nSPS) is 27.6. The van der Waals surface area contributed by atoms with Gasteiger partial charge >= 0.3 is 0 Å². The summed E-state index contributed by atoms with van der Waals surface area (Å²) in [6.45, 7) is 6.72. The molecule has 2 aromatic heterocycles. The number of nitrogens with zero attached hydrogens (tertiary/aromatic N) is 3. The molecule has 4 atom stereocenters. The summed E-state index contributed by atoms with van der Waals surface area (Å²) in [7, 11) is 0. The molecule has 2 heterocycles. The number of hydrogen-bond acceptors (Lipinski definition) is 4. The molecule has 0 bridgehead atoms. The molecule has 2 aromatic rings. The van der Waals surface area contributed by atoms with Crippen molar-refractivity contribution in [3.8, 4) is 11.4 Å². The highest BCUT2D eigenvalue weighted by molar-refractivity contribution is 6.30. The van der Waals surface area contributed by atoms with Crippen LogP contribution in [-0.4, -0.2) is 20.7 Å². The first-order valence-corrected chi connectivity index (χ1v) is 12.3. The molecule has 0 saturated heterocycles. The van der Waals surface area contributed by atoms with Crippen LogP contribution in [0.2, 0.25) is 5.15 Å². The van der Waals surface area contributed by atoms with Crippen LogP contribution in [0.4, 0.5) is 0 Å². The number of aromatic nitrogens is 3. The van der Waals surface area contributed by atoms with E-state index in [4.69, 9.17) is 16.6 Å². The number of halogens is 1. The molecular formula is C26H34ClN3O. The van der Waals surface area contributed by atoms with Crippen molar-refractivity contribution >= 4 is 17.4 Å². The standard InChI is InChI=1S/C26H34ClN3O/c1-4-5-6-7-8-9-19-16-20-23(26(3)13-10-21(31)17(2)22(19)26)29-25(30-24(20)27)18-11-14-28-15-12-18/h11-12,14-15,17,19,22H,4-10,13,16H2,1-3H3/t17-,19?,22-,26+/m0/s1. The molecule has 5 heteroatoms. The summed E-state index contributed by atoms with van der Waals surface area (Å²) in [6, 6.07) is 3.85. The third-order valence-electron chi connectivity index (χ3n) is 7.76. The Labute approximate surface area is 191 Å². The van der Waals surface area contributed by atoms with E-state index in [9.17, 15) is 4.79 Å². The van der Waals surface area contributed by atoms with Crippen LogP contribution in [0.3, 0.4) is 0 Å². The van der Waals surface area contributed by atoms with Crippen LogP contribution in [0.15, 0.2) is 24.5 Å². The molecule has 2 aliphatic rings. The Bertz CT molecular complexity index is 932. The van der Waals surface area contributed by atoms with E-state index in [1.165, 1.54) is 32.1 Å². The summed E-state index contributed by atoms with van der Waals surface area (Å²) < 4.78 is 0. The van der Waals surface area contributed by atoms with E-state index in [1.54, 1.807) is 12.4 Å². The summed E-state index contributed by atoms with van der Waals surface area (Å²) in [5.74, 6) is 1.94. The van der Waals surface area contributed by atoms with Gasteiger partial charge in [-0.15, -0.1) is 0 Å². The minimum Gasteiger partial charge on any atom is -0.299 e. The lowest BCUT2D eigenvalue weighted by atomic mass is 9.52. The van der Waals surface area contributed by atoms with E-state index < -0.39 is 0 Å². The monoisotopic (exact) mass is 439 g/mol. The summed E-state index contributed by atoms with van der Waals surface area (Å²) in [5, 5.41) is 0.581. The molecule has 1 fully saturated rings. The fraction of sp³-hybridized carbons (Fsp3) is 0.615. The third-order valence-corrected chi connectivity index (χ3v) is 8.07. The number of Topliss-reactive ketones (excluding diaryl/α,β-unsaturated/α-hetero) is 1. The molecule has 0 aromatic carbocycles. The lowest BCUT2D eigenvalue weighted by Gasteiger charge is -2.52. The molecule has 1 unspecified atom stereocenters. The van der Waals surface area contributed by atoms with E-state index in [-0.39, 0.29) is 11.3 Å². The Kier molecular flexibility index (Phi) is 6.76. The van der Waals surface area contributed by atoms with E-state index in [0.29, 0.717) is 35.0 Å². The number of hydrogen-bond donors (Lipinski definition) is 0. The highest BCUT2D eigenvalue weighted by Gasteiger charge is 2.53. The number of unbranched alkanes of at least 4 members (excludes halogenated alkanes) is 4. The van der Waals surface area contributed by atoms with Crippen LogP contribution in [0.25, 0.3) is 11.4 Å². The maximum Gasteiger partial charge on any atom is 0.161 e. The van der Waals surface area contributed by atoms with Crippen molar-refractivity contribution in [2.75, 3.05) is 0 Å². The Hall–Kier alpha value is -1.81. The number of carbonyl (C=O) groups is 1. The molecule has 0 N–H and O–H groups in total. The molecular weight excluding hydrogens is 406 g/mol. The zero-order valence-electron chi connectivity index (χ0n) is 19.0. The minimum absolute atomic E-state index is 0.0747. The van der Waals surface area contributed by atoms with Crippen molar-refractivity contribution in [2.45, 2.75) is 84.0 Å². The highest BCUT2D eigenvalue weighted by atomic mass is 35.5. The Balaban J connectivity index is 1.71. The van der Waals surface area contributed by atoms with Gasteiger partial charge in [0.1, 0.15) is 10.9 Å². The predicted octanol–water partition coefficient (Wildman–Crippen LogP) is 6.60. The summed E-state index contributed by atoms with van der Waals surface area (Å²) in [6.07, 6.45) is 13.4. The number of fused-ring (bicyclic) bond motifs is 3. The van der Waals surface area contributed by atoms with E-state index in [0.717, 1.165) is 36.1 Å². The van der Waals surface area contributed by atoms with Crippen LogP contribution in [-0.2, 0) is 16.6 Å². The molecule has 0 spiro atoms. The lowest BCUT2D eigenvalue weighted by molar-refractivity contribution is -0.130. The number of carbonyl (C=O) groups excluding carboxylic acids is 1. The zero-order valence-corrected chi connectivity index (χ0v) is 19.8. The van der Waals surface area contributed by atoms with Crippen LogP contribution in [0.1, 0.15) is 83.4 Å². The molecule has 1 saturated carbocycles. The molecule has 31 heavy (non-hydrogen) atoms. The summed E-state index contributed by atoms with van der Waals surface area (Å²) >= 11 is 6.79. The molecule has 166 valence electrons. The Morgan fingerprint density at radius 1 is 1.13 bits per heavy atom. The fourth-order valence-corrected chi connectivity index (χ4v) is 6.40. The average Bonchev–Trinajstić information content (AvgIpc) is 2.77. The van der Waals surface area contributed by atoms with Crippen LogP contribution < -0.4 is 0 Å². The van der Waals surface area contributed by atoms with Gasteiger partial charge in [-0.2, -0.15) is 0 Å². The van der Waals surface area contributed by atoms with E-state index in [1.807, 2.05) is 12.1 Å². The lowest BCUT2D eigenvalue weighted by Crippen LogP contribution is -2.51. The van der Waals surface area contributed by atoms with Crippen molar-refractivity contribution in [3.63, 3.8) is 0 Å². The molecule has 0 amide bonds. The first-order chi connectivity index (χ1) is 15.0. The maximum atomic E-state index is 12.8. The number of rotatable bonds is 7. The highest BCUT2D eigenvalue weighted by Crippen LogP contribution is 2.54. The average molecular weight is 440 g/mol. The topological polar surface area (TPSA) is 55.7 Å². The largest absolute Gasteiger partial charge is 0.299 e. The third kappa shape index (κ3) is 4.28. The van der Waals surface area contributed by atoms with Crippen molar-refractivity contribution in [3.05, 3.63) is 40.9 Å². The molecule has 0 aliphatic heterocycles. The number of pyridine rings is 1. The first-order valence-electron chi connectivity index (χ1n) is 12.0. The molecule has 2 aliphatic carbocycles. The van der Waals surface area contributed by atoms with Gasteiger partial charge in [-0.3, -0.25) is 9.78 Å². The SMILES string of the molecule is CCCCCCCC1Cc2c(Cl)nc(-c3ccncc3)nc2[C@]2(C)CCC(=O)[C@H](C)[C@@H]12. The quantitative estimate of drug-likeness (QED) is 0.360. The van der Waals surface area contributed by atoms with Crippen molar-refractivity contribution in [1.82, 2.24) is 15.0 Å². The second kappa shape index (κ2) is 9.36. The van der Waals surface area contributed by atoms with Crippen molar-refractivity contribution in [1.29, 1.82) is 0 Å². The molecule has 4 nitrogen and oxygen atoms in total. The number of ketones is 1. The van der Waals surface area contributed by atoms with E-state index >= 15 is 0 Å². The first kappa shape index (κ1) is 22.4. The smallest absolute Gasteiger partial charge is 0.161 e. The van der Waals surface area contributed by atoms with Gasteiger partial charge in [-0.1, -0.05) is 64.5 Å².